The summed E-state index contributed by atoms with van der Waals surface area (Å²) in [6.45, 7) is 3.51. The normalized spacial score (nSPS) is 14.6. The lowest BCUT2D eigenvalue weighted by Gasteiger charge is -2.30. The van der Waals surface area contributed by atoms with E-state index < -0.39 is 18.5 Å². The highest BCUT2D eigenvalue weighted by Gasteiger charge is 2.39. The molecule has 0 aromatic heterocycles. The third kappa shape index (κ3) is 4.11. The van der Waals surface area contributed by atoms with E-state index in [4.69, 9.17) is 16.7 Å². The van der Waals surface area contributed by atoms with Crippen molar-refractivity contribution < 1.29 is 14.7 Å². The lowest BCUT2D eigenvalue weighted by atomic mass is 9.99. The van der Waals surface area contributed by atoms with E-state index in [9.17, 15) is 9.59 Å². The van der Waals surface area contributed by atoms with Crippen molar-refractivity contribution in [2.24, 2.45) is 5.92 Å². The van der Waals surface area contributed by atoms with Gasteiger partial charge in [-0.25, -0.2) is 4.79 Å². The average Bonchev–Trinajstić information content (AvgIpc) is 3.19. The molecule has 0 unspecified atom stereocenters. The molecule has 0 saturated heterocycles. The third-order valence-corrected chi connectivity index (χ3v) is 3.92. The molecule has 1 fully saturated rings. The van der Waals surface area contributed by atoms with Gasteiger partial charge in [0.1, 0.15) is 6.54 Å². The van der Waals surface area contributed by atoms with Crippen molar-refractivity contribution in [2.45, 2.75) is 32.2 Å². The van der Waals surface area contributed by atoms with Crippen LogP contribution in [0.25, 0.3) is 0 Å². The van der Waals surface area contributed by atoms with E-state index in [1.807, 2.05) is 13.8 Å². The fraction of sp³-hybridized carbons (Fsp3) is 0.467. The number of benzene rings is 1. The number of hydrogen-bond acceptors (Lipinski definition) is 2. The van der Waals surface area contributed by atoms with Gasteiger partial charge in [0.15, 0.2) is 0 Å². The second-order valence-electron chi connectivity index (χ2n) is 5.89. The standard InChI is InChI=1S/C15H19ClN2O3/c1-15(2,10-6-7-10)17-14(21)18(9-13(19)20)12-5-3-4-11(16)8-12/h3-5,8,10H,6-7,9H2,1-2H3,(H,17,21)(H,19,20). The topological polar surface area (TPSA) is 69.6 Å². The van der Waals surface area contributed by atoms with Gasteiger partial charge in [-0.1, -0.05) is 17.7 Å². The van der Waals surface area contributed by atoms with Gasteiger partial charge < -0.3 is 10.4 Å². The van der Waals surface area contributed by atoms with Gasteiger partial charge in [-0.05, 0) is 50.8 Å². The lowest BCUT2D eigenvalue weighted by molar-refractivity contribution is -0.135. The number of rotatable bonds is 5. The molecule has 0 heterocycles. The van der Waals surface area contributed by atoms with Crippen molar-refractivity contribution in [3.05, 3.63) is 29.3 Å². The first-order chi connectivity index (χ1) is 9.79. The molecule has 0 bridgehead atoms. The first-order valence-electron chi connectivity index (χ1n) is 6.86. The summed E-state index contributed by atoms with van der Waals surface area (Å²) in [7, 11) is 0. The monoisotopic (exact) mass is 310 g/mol. The van der Waals surface area contributed by atoms with Gasteiger partial charge in [-0.3, -0.25) is 9.69 Å². The van der Waals surface area contributed by atoms with E-state index in [-0.39, 0.29) is 5.54 Å². The number of aliphatic carboxylic acids is 1. The van der Waals surface area contributed by atoms with Crippen LogP contribution in [0.15, 0.2) is 24.3 Å². The van der Waals surface area contributed by atoms with Crippen molar-refractivity contribution >= 4 is 29.3 Å². The van der Waals surface area contributed by atoms with Gasteiger partial charge in [0.2, 0.25) is 0 Å². The molecule has 0 aliphatic heterocycles. The minimum atomic E-state index is -1.07. The summed E-state index contributed by atoms with van der Waals surface area (Å²) in [6, 6.07) is 6.19. The molecule has 0 spiro atoms. The minimum absolute atomic E-state index is 0.341. The van der Waals surface area contributed by atoms with Crippen LogP contribution in [0, 0.1) is 5.92 Å². The highest BCUT2D eigenvalue weighted by Crippen LogP contribution is 2.39. The van der Waals surface area contributed by atoms with E-state index in [0.717, 1.165) is 12.8 Å². The van der Waals surface area contributed by atoms with Crippen LogP contribution in [0.4, 0.5) is 10.5 Å². The van der Waals surface area contributed by atoms with E-state index in [1.165, 1.54) is 4.90 Å². The summed E-state index contributed by atoms with van der Waals surface area (Å²) in [5.41, 5.74) is 0.126. The Morgan fingerprint density at radius 2 is 2.10 bits per heavy atom. The van der Waals surface area contributed by atoms with Crippen molar-refractivity contribution in [1.29, 1.82) is 0 Å². The number of carboxylic acid groups (broad SMARTS) is 1. The number of hydrogen-bond donors (Lipinski definition) is 2. The van der Waals surface area contributed by atoms with Crippen molar-refractivity contribution in [2.75, 3.05) is 11.4 Å². The Hall–Kier alpha value is -1.75. The Balaban J connectivity index is 2.19. The summed E-state index contributed by atoms with van der Waals surface area (Å²) in [4.78, 5) is 24.7. The average molecular weight is 311 g/mol. The molecular weight excluding hydrogens is 292 g/mol. The van der Waals surface area contributed by atoms with Gasteiger partial charge >= 0.3 is 12.0 Å². The Morgan fingerprint density at radius 1 is 1.43 bits per heavy atom. The van der Waals surface area contributed by atoms with Crippen LogP contribution in [0.1, 0.15) is 26.7 Å². The van der Waals surface area contributed by atoms with E-state index in [2.05, 4.69) is 5.32 Å². The van der Waals surface area contributed by atoms with Gasteiger partial charge in [0.25, 0.3) is 0 Å². The number of anilines is 1. The van der Waals surface area contributed by atoms with E-state index >= 15 is 0 Å². The van der Waals surface area contributed by atoms with Crippen LogP contribution >= 0.6 is 11.6 Å². The number of urea groups is 1. The van der Waals surface area contributed by atoms with Crippen LogP contribution < -0.4 is 10.2 Å². The number of carboxylic acids is 1. The Kier molecular flexibility index (Phi) is 4.42. The largest absolute Gasteiger partial charge is 0.480 e. The smallest absolute Gasteiger partial charge is 0.323 e. The summed E-state index contributed by atoms with van der Waals surface area (Å²) in [5, 5.41) is 12.4. The fourth-order valence-electron chi connectivity index (χ4n) is 2.31. The van der Waals surface area contributed by atoms with Crippen LogP contribution in [0.5, 0.6) is 0 Å². The Labute approximate surface area is 128 Å². The zero-order valence-electron chi connectivity index (χ0n) is 12.1. The molecule has 1 aliphatic rings. The van der Waals surface area contributed by atoms with Gasteiger partial charge in [0.05, 0.1) is 0 Å². The summed E-state index contributed by atoms with van der Waals surface area (Å²) in [6.07, 6.45) is 2.17. The van der Waals surface area contributed by atoms with Gasteiger partial charge in [0, 0.05) is 16.2 Å². The minimum Gasteiger partial charge on any atom is -0.480 e. The van der Waals surface area contributed by atoms with Crippen molar-refractivity contribution in [1.82, 2.24) is 5.32 Å². The molecular formula is C15H19ClN2O3. The van der Waals surface area contributed by atoms with Gasteiger partial charge in [-0.15, -0.1) is 0 Å². The van der Waals surface area contributed by atoms with Crippen LogP contribution in [0.2, 0.25) is 5.02 Å². The van der Waals surface area contributed by atoms with E-state index in [0.29, 0.717) is 16.6 Å². The second-order valence-corrected chi connectivity index (χ2v) is 6.32. The molecule has 21 heavy (non-hydrogen) atoms. The zero-order valence-corrected chi connectivity index (χ0v) is 12.9. The molecule has 6 heteroatoms. The second kappa shape index (κ2) is 5.93. The molecule has 1 aromatic carbocycles. The van der Waals surface area contributed by atoms with Crippen LogP contribution in [-0.4, -0.2) is 29.2 Å². The van der Waals surface area contributed by atoms with Crippen LogP contribution in [0.3, 0.4) is 0 Å². The van der Waals surface area contributed by atoms with Crippen LogP contribution in [-0.2, 0) is 4.79 Å². The predicted octanol–water partition coefficient (Wildman–Crippen LogP) is 3.13. The highest BCUT2D eigenvalue weighted by molar-refractivity contribution is 6.30. The molecule has 1 aromatic rings. The molecule has 114 valence electrons. The molecule has 2 amide bonds. The Bertz CT molecular complexity index is 556. The number of amides is 2. The number of halogens is 1. The molecule has 2 rings (SSSR count). The molecule has 0 atom stereocenters. The highest BCUT2D eigenvalue weighted by atomic mass is 35.5. The molecule has 0 radical (unpaired) electrons. The molecule has 5 nitrogen and oxygen atoms in total. The fourth-order valence-corrected chi connectivity index (χ4v) is 2.49. The molecule has 2 N–H and O–H groups in total. The zero-order chi connectivity index (χ0) is 15.6. The van der Waals surface area contributed by atoms with E-state index in [1.54, 1.807) is 24.3 Å². The van der Waals surface area contributed by atoms with Crippen molar-refractivity contribution in [3.8, 4) is 0 Å². The number of nitrogens with zero attached hydrogens (tertiary/aromatic N) is 1. The summed E-state index contributed by atoms with van der Waals surface area (Å²) < 4.78 is 0. The molecule has 1 saturated carbocycles. The maximum Gasteiger partial charge on any atom is 0.323 e. The third-order valence-electron chi connectivity index (χ3n) is 3.69. The van der Waals surface area contributed by atoms with Gasteiger partial charge in [-0.2, -0.15) is 0 Å². The number of carbonyl (C=O) groups excluding carboxylic acids is 1. The quantitative estimate of drug-likeness (QED) is 0.878. The predicted molar refractivity (Wildman–Crippen MR) is 81.8 cm³/mol. The number of carbonyl (C=O) groups is 2. The number of nitrogens with one attached hydrogen (secondary N) is 1. The maximum atomic E-state index is 12.4. The first kappa shape index (κ1) is 15.6. The summed E-state index contributed by atoms with van der Waals surface area (Å²) >= 11 is 5.92. The Morgan fingerprint density at radius 3 is 2.62 bits per heavy atom. The molecule has 1 aliphatic carbocycles. The first-order valence-corrected chi connectivity index (χ1v) is 7.24. The SMILES string of the molecule is CC(C)(NC(=O)N(CC(=O)O)c1cccc(Cl)c1)C1CC1. The van der Waals surface area contributed by atoms with Crippen molar-refractivity contribution in [3.63, 3.8) is 0 Å². The lowest BCUT2D eigenvalue weighted by Crippen LogP contribution is -2.52. The summed E-state index contributed by atoms with van der Waals surface area (Å²) in [5.74, 6) is -0.623. The maximum absolute atomic E-state index is 12.4.